The van der Waals surface area contributed by atoms with Crippen LogP contribution in [0.2, 0.25) is 0 Å². The topological polar surface area (TPSA) is 61.4 Å². The Morgan fingerprint density at radius 2 is 1.82 bits per heavy atom. The standard InChI is InChI=1S/C27H35F3N2O2/c1-27(2,3)14-17-7-8-19-5-4-6-23(22(19)11-17)31-16-25(33)24(32-26(34)15-28)12-18-9-20(29)13-21(30)10-18/h7-11,13,23-25,31,33H,4-6,12,14-16H2,1-3H3,(H,32,34)/t23-,24-,25-/m0/s1. The number of rotatable bonds is 9. The third-order valence-corrected chi connectivity index (χ3v) is 6.14. The average Bonchev–Trinajstić information content (AvgIpc) is 2.75. The van der Waals surface area contributed by atoms with E-state index in [0.717, 1.165) is 43.9 Å². The molecule has 3 N–H and O–H groups in total. The van der Waals surface area contributed by atoms with E-state index in [1.807, 2.05) is 0 Å². The summed E-state index contributed by atoms with van der Waals surface area (Å²) in [4.78, 5) is 11.7. The SMILES string of the molecule is CC(C)(C)Cc1ccc2c(c1)[C@@H](NC[C@H](O)[C@H](Cc1cc(F)cc(F)c1)NC(=O)CF)CCC2. The average molecular weight is 477 g/mol. The number of benzene rings is 2. The Hall–Kier alpha value is -2.38. The van der Waals surface area contributed by atoms with Gasteiger partial charge in [-0.2, -0.15) is 0 Å². The number of aliphatic hydroxyl groups is 1. The molecule has 0 bridgehead atoms. The van der Waals surface area contributed by atoms with Crippen molar-refractivity contribution in [3.63, 3.8) is 0 Å². The number of hydrogen-bond donors (Lipinski definition) is 3. The Balaban J connectivity index is 1.72. The molecule has 3 rings (SSSR count). The van der Waals surface area contributed by atoms with Gasteiger partial charge in [-0.05, 0) is 71.9 Å². The summed E-state index contributed by atoms with van der Waals surface area (Å²) in [6.45, 7) is 5.52. The molecule has 0 aliphatic heterocycles. The maximum absolute atomic E-state index is 13.6. The zero-order chi connectivity index (χ0) is 24.9. The van der Waals surface area contributed by atoms with E-state index in [-0.39, 0.29) is 30.0 Å². The molecular formula is C27H35F3N2O2. The van der Waals surface area contributed by atoms with Crippen LogP contribution in [0.25, 0.3) is 0 Å². The summed E-state index contributed by atoms with van der Waals surface area (Å²) < 4.78 is 40.1. The number of amides is 1. The first-order valence-corrected chi connectivity index (χ1v) is 11.9. The molecule has 0 heterocycles. The van der Waals surface area contributed by atoms with Crippen LogP contribution in [0.1, 0.15) is 61.9 Å². The number of carbonyl (C=O) groups is 1. The van der Waals surface area contributed by atoms with Gasteiger partial charge in [-0.15, -0.1) is 0 Å². The molecule has 1 amide bonds. The molecule has 7 heteroatoms. The monoisotopic (exact) mass is 476 g/mol. The van der Waals surface area contributed by atoms with Gasteiger partial charge in [0, 0.05) is 18.7 Å². The second-order valence-corrected chi connectivity index (χ2v) is 10.5. The molecule has 3 atom stereocenters. The molecule has 0 saturated carbocycles. The predicted octanol–water partition coefficient (Wildman–Crippen LogP) is 4.58. The van der Waals surface area contributed by atoms with Gasteiger partial charge in [0.1, 0.15) is 11.6 Å². The van der Waals surface area contributed by atoms with E-state index in [2.05, 4.69) is 49.6 Å². The Morgan fingerprint density at radius 1 is 1.12 bits per heavy atom. The van der Waals surface area contributed by atoms with E-state index < -0.39 is 36.4 Å². The minimum Gasteiger partial charge on any atom is -0.390 e. The Bertz CT molecular complexity index is 970. The molecule has 0 saturated heterocycles. The van der Waals surface area contributed by atoms with Crippen LogP contribution in [0, 0.1) is 17.0 Å². The summed E-state index contributed by atoms with van der Waals surface area (Å²) in [6, 6.07) is 8.80. The molecule has 4 nitrogen and oxygen atoms in total. The van der Waals surface area contributed by atoms with Gasteiger partial charge in [-0.3, -0.25) is 4.79 Å². The van der Waals surface area contributed by atoms with Crippen molar-refractivity contribution in [1.82, 2.24) is 10.6 Å². The zero-order valence-electron chi connectivity index (χ0n) is 20.1. The van der Waals surface area contributed by atoms with Crippen molar-refractivity contribution in [3.8, 4) is 0 Å². The van der Waals surface area contributed by atoms with Crippen LogP contribution >= 0.6 is 0 Å². The smallest absolute Gasteiger partial charge is 0.251 e. The van der Waals surface area contributed by atoms with Gasteiger partial charge in [0.05, 0.1) is 12.1 Å². The predicted molar refractivity (Wildman–Crippen MR) is 127 cm³/mol. The number of aliphatic hydroxyl groups excluding tert-OH is 1. The van der Waals surface area contributed by atoms with E-state index in [9.17, 15) is 23.1 Å². The second-order valence-electron chi connectivity index (χ2n) is 10.5. The largest absolute Gasteiger partial charge is 0.390 e. The fraction of sp³-hybridized carbons (Fsp3) is 0.519. The molecule has 1 aliphatic carbocycles. The lowest BCUT2D eigenvalue weighted by atomic mass is 9.82. The normalized spacial score (nSPS) is 17.7. The number of fused-ring (bicyclic) bond motifs is 1. The van der Waals surface area contributed by atoms with E-state index in [0.29, 0.717) is 0 Å². The Kier molecular flexibility index (Phi) is 8.77. The number of alkyl halides is 1. The number of nitrogens with one attached hydrogen (secondary N) is 2. The number of carbonyl (C=O) groups excluding carboxylic acids is 1. The third kappa shape index (κ3) is 7.57. The molecule has 0 spiro atoms. The van der Waals surface area contributed by atoms with Gasteiger partial charge < -0.3 is 15.7 Å². The van der Waals surface area contributed by atoms with Crippen LogP contribution in [-0.2, 0) is 24.1 Å². The van der Waals surface area contributed by atoms with Crippen molar-refractivity contribution in [1.29, 1.82) is 0 Å². The summed E-state index contributed by atoms with van der Waals surface area (Å²) in [7, 11) is 0. The lowest BCUT2D eigenvalue weighted by Crippen LogP contribution is -2.49. The van der Waals surface area contributed by atoms with Crippen LogP contribution in [0.3, 0.4) is 0 Å². The van der Waals surface area contributed by atoms with Crippen molar-refractivity contribution in [2.24, 2.45) is 5.41 Å². The zero-order valence-corrected chi connectivity index (χ0v) is 20.1. The summed E-state index contributed by atoms with van der Waals surface area (Å²) >= 11 is 0. The number of hydrogen-bond acceptors (Lipinski definition) is 3. The first kappa shape index (κ1) is 26.2. The minimum absolute atomic E-state index is 0.0275. The van der Waals surface area contributed by atoms with E-state index in [1.54, 1.807) is 0 Å². The van der Waals surface area contributed by atoms with Gasteiger partial charge >= 0.3 is 0 Å². The molecule has 186 valence electrons. The van der Waals surface area contributed by atoms with Gasteiger partial charge in [0.2, 0.25) is 0 Å². The van der Waals surface area contributed by atoms with Crippen molar-refractivity contribution in [2.45, 2.75) is 71.1 Å². The first-order chi connectivity index (χ1) is 16.0. The van der Waals surface area contributed by atoms with Gasteiger partial charge in [-0.25, -0.2) is 13.2 Å². The van der Waals surface area contributed by atoms with Gasteiger partial charge in [0.25, 0.3) is 5.91 Å². The maximum atomic E-state index is 13.6. The molecular weight excluding hydrogens is 441 g/mol. The van der Waals surface area contributed by atoms with Gasteiger partial charge in [-0.1, -0.05) is 39.0 Å². The van der Waals surface area contributed by atoms with Crippen LogP contribution < -0.4 is 10.6 Å². The lowest BCUT2D eigenvalue weighted by Gasteiger charge is -2.31. The van der Waals surface area contributed by atoms with Gasteiger partial charge in [0.15, 0.2) is 6.67 Å². The van der Waals surface area contributed by atoms with Crippen LogP contribution in [0.4, 0.5) is 13.2 Å². The highest BCUT2D eigenvalue weighted by Gasteiger charge is 2.26. The lowest BCUT2D eigenvalue weighted by molar-refractivity contribution is -0.123. The van der Waals surface area contributed by atoms with E-state index in [1.165, 1.54) is 16.7 Å². The first-order valence-electron chi connectivity index (χ1n) is 11.9. The van der Waals surface area contributed by atoms with Crippen molar-refractivity contribution in [3.05, 3.63) is 70.3 Å². The fourth-order valence-corrected chi connectivity index (χ4v) is 4.70. The molecule has 0 radical (unpaired) electrons. The van der Waals surface area contributed by atoms with Crippen LogP contribution in [0.15, 0.2) is 36.4 Å². The van der Waals surface area contributed by atoms with Crippen molar-refractivity contribution >= 4 is 5.91 Å². The highest BCUT2D eigenvalue weighted by atomic mass is 19.1. The maximum Gasteiger partial charge on any atom is 0.251 e. The molecule has 0 aromatic heterocycles. The summed E-state index contributed by atoms with van der Waals surface area (Å²) in [5.41, 5.74) is 4.21. The second kappa shape index (κ2) is 11.4. The summed E-state index contributed by atoms with van der Waals surface area (Å²) in [5, 5.41) is 16.7. The van der Waals surface area contributed by atoms with E-state index in [4.69, 9.17) is 0 Å². The van der Waals surface area contributed by atoms with Crippen LogP contribution in [0.5, 0.6) is 0 Å². The fourth-order valence-electron chi connectivity index (χ4n) is 4.70. The quantitative estimate of drug-likeness (QED) is 0.497. The van der Waals surface area contributed by atoms with Crippen molar-refractivity contribution in [2.75, 3.05) is 13.2 Å². The molecule has 34 heavy (non-hydrogen) atoms. The third-order valence-electron chi connectivity index (χ3n) is 6.14. The Morgan fingerprint density at radius 3 is 2.47 bits per heavy atom. The van der Waals surface area contributed by atoms with Crippen molar-refractivity contribution < 1.29 is 23.1 Å². The van der Waals surface area contributed by atoms with E-state index >= 15 is 0 Å². The molecule has 0 unspecified atom stereocenters. The Labute approximate surface area is 200 Å². The summed E-state index contributed by atoms with van der Waals surface area (Å²) in [5.74, 6) is -2.37. The number of aryl methyl sites for hydroxylation is 1. The van der Waals surface area contributed by atoms with Crippen LogP contribution in [-0.4, -0.2) is 36.4 Å². The highest BCUT2D eigenvalue weighted by molar-refractivity contribution is 5.77. The molecule has 1 aliphatic rings. The molecule has 2 aromatic carbocycles. The molecule has 2 aromatic rings. The summed E-state index contributed by atoms with van der Waals surface area (Å²) in [6.07, 6.45) is 2.79. The number of halogens is 3. The highest BCUT2D eigenvalue weighted by Crippen LogP contribution is 2.32. The minimum atomic E-state index is -1.24. The molecule has 0 fully saturated rings.